The number of hydrogen-bond acceptors (Lipinski definition) is 1. The lowest BCUT2D eigenvalue weighted by atomic mass is 9.84. The highest BCUT2D eigenvalue weighted by Crippen LogP contribution is 2.28. The van der Waals surface area contributed by atoms with Crippen molar-refractivity contribution < 1.29 is 0 Å². The fraction of sp³-hybridized carbons (Fsp3) is 0.600. The number of hydrogen-bond donors (Lipinski definition) is 1. The van der Waals surface area contributed by atoms with Crippen LogP contribution in [0.1, 0.15) is 42.9 Å². The van der Waals surface area contributed by atoms with Gasteiger partial charge in [0.25, 0.3) is 0 Å². The van der Waals surface area contributed by atoms with Crippen LogP contribution in [0.2, 0.25) is 0 Å². The Bertz CT molecular complexity index is 308. The van der Waals surface area contributed by atoms with Gasteiger partial charge in [-0.05, 0) is 51.3 Å². The standard InChI is InChI=1S/C15H25N/c1-11(2)15(6-7-16-5)14-9-12(3)8-13(4)10-14/h8-11,15-16H,6-7H2,1-5H3. The lowest BCUT2D eigenvalue weighted by Crippen LogP contribution is -2.16. The average Bonchev–Trinajstić information content (AvgIpc) is 2.16. The first kappa shape index (κ1) is 13.2. The van der Waals surface area contributed by atoms with E-state index in [9.17, 15) is 0 Å². The van der Waals surface area contributed by atoms with Crippen molar-refractivity contribution in [2.45, 2.75) is 40.0 Å². The van der Waals surface area contributed by atoms with Crippen molar-refractivity contribution in [3.05, 3.63) is 34.9 Å². The molecule has 16 heavy (non-hydrogen) atoms. The summed E-state index contributed by atoms with van der Waals surface area (Å²) in [6.45, 7) is 10.1. The van der Waals surface area contributed by atoms with E-state index in [1.165, 1.54) is 23.1 Å². The zero-order valence-corrected chi connectivity index (χ0v) is 11.3. The topological polar surface area (TPSA) is 12.0 Å². The molecule has 0 aromatic heterocycles. The van der Waals surface area contributed by atoms with Crippen molar-refractivity contribution in [2.24, 2.45) is 5.92 Å². The molecule has 1 heteroatoms. The maximum atomic E-state index is 3.25. The summed E-state index contributed by atoms with van der Waals surface area (Å²) in [5.74, 6) is 1.38. The highest BCUT2D eigenvalue weighted by atomic mass is 14.8. The Kier molecular flexibility index (Phi) is 5.01. The van der Waals surface area contributed by atoms with Gasteiger partial charge < -0.3 is 5.32 Å². The van der Waals surface area contributed by atoms with Crippen molar-refractivity contribution in [2.75, 3.05) is 13.6 Å². The van der Waals surface area contributed by atoms with Crippen molar-refractivity contribution in [1.82, 2.24) is 5.32 Å². The Morgan fingerprint density at radius 2 is 1.62 bits per heavy atom. The molecule has 1 nitrogen and oxygen atoms in total. The smallest absolute Gasteiger partial charge is 0.00460 e. The molecule has 0 aliphatic rings. The zero-order valence-electron chi connectivity index (χ0n) is 11.3. The normalized spacial score (nSPS) is 13.1. The van der Waals surface area contributed by atoms with Gasteiger partial charge >= 0.3 is 0 Å². The van der Waals surface area contributed by atoms with Gasteiger partial charge in [-0.3, -0.25) is 0 Å². The van der Waals surface area contributed by atoms with E-state index in [1.54, 1.807) is 0 Å². The SMILES string of the molecule is CNCCC(c1cc(C)cc(C)c1)C(C)C. The third-order valence-electron chi connectivity index (χ3n) is 3.18. The van der Waals surface area contributed by atoms with Crippen LogP contribution in [0.15, 0.2) is 18.2 Å². The van der Waals surface area contributed by atoms with Crippen molar-refractivity contribution >= 4 is 0 Å². The predicted octanol–water partition coefficient (Wildman–Crippen LogP) is 3.65. The van der Waals surface area contributed by atoms with Gasteiger partial charge in [0.1, 0.15) is 0 Å². The molecule has 1 aromatic carbocycles. The molecule has 0 aliphatic heterocycles. The number of aryl methyl sites for hydroxylation is 2. The molecule has 0 amide bonds. The summed E-state index contributed by atoms with van der Waals surface area (Å²) in [5, 5.41) is 3.25. The van der Waals surface area contributed by atoms with Crippen molar-refractivity contribution in [3.8, 4) is 0 Å². The van der Waals surface area contributed by atoms with Crippen LogP contribution in [0.25, 0.3) is 0 Å². The summed E-state index contributed by atoms with van der Waals surface area (Å²) >= 11 is 0. The van der Waals surface area contributed by atoms with E-state index in [2.05, 4.69) is 51.2 Å². The largest absolute Gasteiger partial charge is 0.320 e. The van der Waals surface area contributed by atoms with Crippen LogP contribution in [0.3, 0.4) is 0 Å². The van der Waals surface area contributed by atoms with E-state index in [-0.39, 0.29) is 0 Å². The van der Waals surface area contributed by atoms with Crippen LogP contribution >= 0.6 is 0 Å². The molecule has 1 aromatic rings. The van der Waals surface area contributed by atoms with Gasteiger partial charge in [-0.2, -0.15) is 0 Å². The van der Waals surface area contributed by atoms with Crippen LogP contribution in [0, 0.1) is 19.8 Å². The molecule has 1 rings (SSSR count). The Hall–Kier alpha value is -0.820. The molecule has 0 saturated carbocycles. The minimum Gasteiger partial charge on any atom is -0.320 e. The molecule has 0 radical (unpaired) electrons. The molecule has 0 heterocycles. The third-order valence-corrected chi connectivity index (χ3v) is 3.18. The van der Waals surface area contributed by atoms with E-state index >= 15 is 0 Å². The predicted molar refractivity (Wildman–Crippen MR) is 72.0 cm³/mol. The van der Waals surface area contributed by atoms with Gasteiger partial charge in [-0.25, -0.2) is 0 Å². The van der Waals surface area contributed by atoms with Gasteiger partial charge in [0.05, 0.1) is 0 Å². The van der Waals surface area contributed by atoms with Gasteiger partial charge in [0.15, 0.2) is 0 Å². The van der Waals surface area contributed by atoms with Crippen LogP contribution in [0.4, 0.5) is 0 Å². The molecule has 1 unspecified atom stereocenters. The second-order valence-corrected chi connectivity index (χ2v) is 5.16. The van der Waals surface area contributed by atoms with Crippen LogP contribution in [0.5, 0.6) is 0 Å². The first-order chi connectivity index (χ1) is 7.54. The van der Waals surface area contributed by atoms with Crippen molar-refractivity contribution in [3.63, 3.8) is 0 Å². The monoisotopic (exact) mass is 219 g/mol. The Balaban J connectivity index is 2.91. The molecule has 0 saturated heterocycles. The Labute approximate surface area is 100 Å². The quantitative estimate of drug-likeness (QED) is 0.797. The highest BCUT2D eigenvalue weighted by molar-refractivity contribution is 5.31. The first-order valence-electron chi connectivity index (χ1n) is 6.27. The molecule has 0 aliphatic carbocycles. The Morgan fingerprint density at radius 3 is 2.06 bits per heavy atom. The summed E-state index contributed by atoms with van der Waals surface area (Å²) in [4.78, 5) is 0. The number of benzene rings is 1. The summed E-state index contributed by atoms with van der Waals surface area (Å²) in [5.41, 5.74) is 4.26. The van der Waals surface area contributed by atoms with E-state index in [0.29, 0.717) is 11.8 Å². The maximum absolute atomic E-state index is 3.25. The minimum absolute atomic E-state index is 0.672. The van der Waals surface area contributed by atoms with Gasteiger partial charge in [-0.1, -0.05) is 43.2 Å². The minimum atomic E-state index is 0.672. The molecule has 0 spiro atoms. The molecule has 0 bridgehead atoms. The zero-order chi connectivity index (χ0) is 12.1. The van der Waals surface area contributed by atoms with Gasteiger partial charge in [0, 0.05) is 0 Å². The summed E-state index contributed by atoms with van der Waals surface area (Å²) in [6.07, 6.45) is 1.22. The van der Waals surface area contributed by atoms with Crippen LogP contribution in [-0.4, -0.2) is 13.6 Å². The maximum Gasteiger partial charge on any atom is -0.00460 e. The Morgan fingerprint density at radius 1 is 1.06 bits per heavy atom. The van der Waals surface area contributed by atoms with Gasteiger partial charge in [-0.15, -0.1) is 0 Å². The van der Waals surface area contributed by atoms with E-state index in [1.807, 2.05) is 7.05 Å². The fourth-order valence-electron chi connectivity index (χ4n) is 2.41. The second kappa shape index (κ2) is 6.05. The molecule has 1 N–H and O–H groups in total. The van der Waals surface area contributed by atoms with Crippen molar-refractivity contribution in [1.29, 1.82) is 0 Å². The highest BCUT2D eigenvalue weighted by Gasteiger charge is 2.15. The molecule has 90 valence electrons. The summed E-state index contributed by atoms with van der Waals surface area (Å²) in [7, 11) is 2.03. The van der Waals surface area contributed by atoms with E-state index in [4.69, 9.17) is 0 Å². The lowest BCUT2D eigenvalue weighted by molar-refractivity contribution is 0.460. The molecular formula is C15H25N. The fourth-order valence-corrected chi connectivity index (χ4v) is 2.41. The number of nitrogens with one attached hydrogen (secondary N) is 1. The second-order valence-electron chi connectivity index (χ2n) is 5.16. The lowest BCUT2D eigenvalue weighted by Gasteiger charge is -2.22. The molecule has 0 fully saturated rings. The van der Waals surface area contributed by atoms with Crippen LogP contribution < -0.4 is 5.32 Å². The van der Waals surface area contributed by atoms with E-state index in [0.717, 1.165) is 6.54 Å². The van der Waals surface area contributed by atoms with Crippen LogP contribution in [-0.2, 0) is 0 Å². The first-order valence-corrected chi connectivity index (χ1v) is 6.27. The number of rotatable bonds is 5. The average molecular weight is 219 g/mol. The molecule has 1 atom stereocenters. The summed E-state index contributed by atoms with van der Waals surface area (Å²) < 4.78 is 0. The van der Waals surface area contributed by atoms with Gasteiger partial charge in [0.2, 0.25) is 0 Å². The summed E-state index contributed by atoms with van der Waals surface area (Å²) in [6, 6.07) is 6.93. The molecular weight excluding hydrogens is 194 g/mol. The third kappa shape index (κ3) is 3.64. The van der Waals surface area contributed by atoms with E-state index < -0.39 is 0 Å².